The summed E-state index contributed by atoms with van der Waals surface area (Å²) in [5.41, 5.74) is 0. The van der Waals surface area contributed by atoms with Crippen molar-refractivity contribution in [3.8, 4) is 0 Å². The molecule has 0 N–H and O–H groups in total. The highest BCUT2D eigenvalue weighted by Gasteiger charge is 2.06. The van der Waals surface area contributed by atoms with Crippen LogP contribution in [0, 0.1) is 6.92 Å². The van der Waals surface area contributed by atoms with Crippen molar-refractivity contribution in [1.29, 1.82) is 0 Å². The highest BCUT2D eigenvalue weighted by molar-refractivity contribution is 4.99. The predicted molar refractivity (Wildman–Crippen MR) is 149 cm³/mol. The maximum atomic E-state index is 4.80. The van der Waals surface area contributed by atoms with E-state index in [0.717, 1.165) is 30.3 Å². The molecule has 1 radical (unpaired) electrons. The summed E-state index contributed by atoms with van der Waals surface area (Å²) >= 11 is 0. The molecule has 0 aliphatic heterocycles. The van der Waals surface area contributed by atoms with E-state index in [-0.39, 0.29) is 0 Å². The van der Waals surface area contributed by atoms with Gasteiger partial charge in [-0.3, -0.25) is 0 Å². The van der Waals surface area contributed by atoms with E-state index in [1.54, 1.807) is 0 Å². The molecule has 0 atom stereocenters. The summed E-state index contributed by atoms with van der Waals surface area (Å²) in [6.45, 7) is 8.59. The minimum atomic E-state index is 0.666. The topological polar surface area (TPSA) is 38.7 Å². The first-order valence-electron chi connectivity index (χ1n) is 15.3. The molecule has 1 rings (SSSR count). The van der Waals surface area contributed by atoms with Crippen molar-refractivity contribution in [3.63, 3.8) is 0 Å². The van der Waals surface area contributed by atoms with E-state index in [9.17, 15) is 0 Å². The second-order valence-corrected chi connectivity index (χ2v) is 10.4. The Morgan fingerprint density at radius 1 is 0.382 bits per heavy atom. The van der Waals surface area contributed by atoms with Gasteiger partial charge in [0, 0.05) is 19.3 Å². The zero-order chi connectivity index (χ0) is 24.5. The van der Waals surface area contributed by atoms with Crippen molar-refractivity contribution < 1.29 is 0 Å². The van der Waals surface area contributed by atoms with Crippen LogP contribution in [-0.4, -0.2) is 15.0 Å². The first-order chi connectivity index (χ1) is 16.8. The Morgan fingerprint density at radius 2 is 0.647 bits per heavy atom. The van der Waals surface area contributed by atoms with Crippen molar-refractivity contribution in [3.05, 3.63) is 24.4 Å². The van der Waals surface area contributed by atoms with Gasteiger partial charge in [0.05, 0.1) is 0 Å². The van der Waals surface area contributed by atoms with Crippen LogP contribution in [0.2, 0.25) is 0 Å². The summed E-state index contributed by atoms with van der Waals surface area (Å²) < 4.78 is 0. The van der Waals surface area contributed by atoms with E-state index in [0.29, 0.717) is 6.42 Å². The molecule has 1 aromatic heterocycles. The molecular weight excluding hydrogens is 414 g/mol. The Hall–Kier alpha value is -0.990. The molecule has 0 saturated heterocycles. The lowest BCUT2D eigenvalue weighted by Gasteiger charge is -2.07. The fourth-order valence-corrected chi connectivity index (χ4v) is 4.75. The normalized spacial score (nSPS) is 11.4. The second kappa shape index (κ2) is 23.7. The first-order valence-corrected chi connectivity index (χ1v) is 15.3. The molecule has 1 aromatic rings. The van der Waals surface area contributed by atoms with Gasteiger partial charge in [0.2, 0.25) is 0 Å². The van der Waals surface area contributed by atoms with Crippen molar-refractivity contribution in [1.82, 2.24) is 15.0 Å². The van der Waals surface area contributed by atoms with Gasteiger partial charge in [0.15, 0.2) is 0 Å². The van der Waals surface area contributed by atoms with Gasteiger partial charge in [-0.1, -0.05) is 142 Å². The zero-order valence-corrected chi connectivity index (χ0v) is 23.2. The van der Waals surface area contributed by atoms with E-state index in [1.165, 1.54) is 141 Å². The third-order valence-electron chi connectivity index (χ3n) is 7.01. The highest BCUT2D eigenvalue weighted by Crippen LogP contribution is 2.14. The average Bonchev–Trinajstić information content (AvgIpc) is 2.85. The molecule has 0 aromatic carbocycles. The number of unbranched alkanes of at least 4 members (excludes halogenated alkanes) is 20. The molecule has 0 saturated carbocycles. The number of hydrogen-bond acceptors (Lipinski definition) is 3. The molecule has 3 nitrogen and oxygen atoms in total. The standard InChI is InChI=1S/C31H58N3/c1-4-7-9-11-13-15-17-19-21-23-25-27-30-32-29(6-3)33-31(34-30)28-26-24-22-20-18-16-14-12-10-8-5-2/h3-28H2,1-2H3. The molecule has 34 heavy (non-hydrogen) atoms. The third kappa shape index (κ3) is 18.4. The summed E-state index contributed by atoms with van der Waals surface area (Å²) in [7, 11) is 0. The maximum Gasteiger partial charge on any atom is 0.132 e. The molecule has 0 aliphatic rings. The van der Waals surface area contributed by atoms with Gasteiger partial charge in [0.1, 0.15) is 17.5 Å². The Kier molecular flexibility index (Phi) is 21.7. The molecule has 0 aliphatic carbocycles. The first kappa shape index (κ1) is 31.0. The van der Waals surface area contributed by atoms with E-state index < -0.39 is 0 Å². The van der Waals surface area contributed by atoms with Gasteiger partial charge >= 0.3 is 0 Å². The van der Waals surface area contributed by atoms with Gasteiger partial charge < -0.3 is 0 Å². The van der Waals surface area contributed by atoms with E-state index >= 15 is 0 Å². The van der Waals surface area contributed by atoms with E-state index in [4.69, 9.17) is 4.98 Å². The summed E-state index contributed by atoms with van der Waals surface area (Å²) in [6, 6.07) is 0. The largest absolute Gasteiger partial charge is 0.218 e. The van der Waals surface area contributed by atoms with Crippen molar-refractivity contribution in [2.45, 2.75) is 174 Å². The number of rotatable bonds is 25. The Labute approximate surface area is 213 Å². The van der Waals surface area contributed by atoms with E-state index in [2.05, 4.69) is 30.7 Å². The van der Waals surface area contributed by atoms with Crippen LogP contribution in [0.1, 0.15) is 173 Å². The third-order valence-corrected chi connectivity index (χ3v) is 7.01. The molecule has 0 fully saturated rings. The van der Waals surface area contributed by atoms with Crippen LogP contribution in [0.25, 0.3) is 0 Å². The monoisotopic (exact) mass is 472 g/mol. The van der Waals surface area contributed by atoms with Gasteiger partial charge in [0.25, 0.3) is 0 Å². The van der Waals surface area contributed by atoms with Crippen LogP contribution in [0.4, 0.5) is 0 Å². The Morgan fingerprint density at radius 3 is 0.941 bits per heavy atom. The van der Waals surface area contributed by atoms with Crippen LogP contribution in [-0.2, 0) is 19.3 Å². The van der Waals surface area contributed by atoms with Crippen LogP contribution in [0.3, 0.4) is 0 Å². The molecule has 0 bridgehead atoms. The molecule has 0 amide bonds. The minimum Gasteiger partial charge on any atom is -0.218 e. The fraction of sp³-hybridized carbons (Fsp3) is 0.871. The van der Waals surface area contributed by atoms with Crippen LogP contribution in [0.15, 0.2) is 0 Å². The Balaban J connectivity index is 2.10. The molecule has 197 valence electrons. The number of hydrogen-bond donors (Lipinski definition) is 0. The predicted octanol–water partition coefficient (Wildman–Crippen LogP) is 9.96. The Bertz CT molecular complexity index is 513. The summed E-state index contributed by atoms with van der Waals surface area (Å²) in [5, 5.41) is 0. The van der Waals surface area contributed by atoms with Crippen LogP contribution < -0.4 is 0 Å². The molecule has 3 heteroatoms. The van der Waals surface area contributed by atoms with Gasteiger partial charge in [-0.05, 0) is 19.8 Å². The van der Waals surface area contributed by atoms with Crippen molar-refractivity contribution in [2.24, 2.45) is 0 Å². The van der Waals surface area contributed by atoms with E-state index in [1.807, 2.05) is 0 Å². The van der Waals surface area contributed by atoms with Gasteiger partial charge in [-0.25, -0.2) is 15.0 Å². The number of aromatic nitrogens is 3. The minimum absolute atomic E-state index is 0.666. The molecule has 1 heterocycles. The van der Waals surface area contributed by atoms with Crippen LogP contribution in [0.5, 0.6) is 0 Å². The maximum absolute atomic E-state index is 4.80. The fourth-order valence-electron chi connectivity index (χ4n) is 4.75. The average molecular weight is 473 g/mol. The number of nitrogens with zero attached hydrogens (tertiary/aromatic N) is 3. The smallest absolute Gasteiger partial charge is 0.132 e. The van der Waals surface area contributed by atoms with Gasteiger partial charge in [-0.15, -0.1) is 0 Å². The number of aryl methyl sites for hydroxylation is 2. The zero-order valence-electron chi connectivity index (χ0n) is 23.2. The van der Waals surface area contributed by atoms with Gasteiger partial charge in [-0.2, -0.15) is 0 Å². The summed E-state index contributed by atoms with van der Waals surface area (Å²) in [5.74, 6) is 2.89. The lowest BCUT2D eigenvalue weighted by Crippen LogP contribution is -2.08. The molecule has 0 spiro atoms. The van der Waals surface area contributed by atoms with Crippen molar-refractivity contribution >= 4 is 0 Å². The molecular formula is C31H58N3. The quantitative estimate of drug-likeness (QED) is 0.133. The SMILES string of the molecule is [CH2]Cc1nc(CCCCCCCCCCCCC)nc(CCCCCCCCCCCCC)n1. The highest BCUT2D eigenvalue weighted by atomic mass is 15.0. The van der Waals surface area contributed by atoms with Crippen molar-refractivity contribution in [2.75, 3.05) is 0 Å². The lowest BCUT2D eigenvalue weighted by molar-refractivity contribution is 0.544. The summed E-state index contributed by atoms with van der Waals surface area (Å²) in [4.78, 5) is 14.1. The van der Waals surface area contributed by atoms with Crippen LogP contribution >= 0.6 is 0 Å². The molecule has 0 unspecified atom stereocenters. The summed E-state index contributed by atoms with van der Waals surface area (Å²) in [6.07, 6.45) is 32.9. The second-order valence-electron chi connectivity index (χ2n) is 10.4. The lowest BCUT2D eigenvalue weighted by atomic mass is 10.0.